The molecular weight excluding hydrogens is 294 g/mol. The van der Waals surface area contributed by atoms with Crippen molar-refractivity contribution in [3.63, 3.8) is 0 Å². The molecule has 0 aliphatic carbocycles. The summed E-state index contributed by atoms with van der Waals surface area (Å²) in [5.41, 5.74) is 4.67. The molecule has 22 heavy (non-hydrogen) atoms. The van der Waals surface area contributed by atoms with Crippen LogP contribution in [0.4, 0.5) is 0 Å². The first-order chi connectivity index (χ1) is 10.8. The minimum absolute atomic E-state index is 0.740. The molecule has 0 saturated carbocycles. The third-order valence-electron chi connectivity index (χ3n) is 3.59. The highest BCUT2D eigenvalue weighted by Gasteiger charge is 2.07. The molecule has 110 valence electrons. The van der Waals surface area contributed by atoms with Crippen molar-refractivity contribution in [2.75, 3.05) is 7.11 Å². The Morgan fingerprint density at radius 3 is 2.59 bits per heavy atom. The van der Waals surface area contributed by atoms with Gasteiger partial charge in [-0.15, -0.1) is 0 Å². The first-order valence-electron chi connectivity index (χ1n) is 7.08. The highest BCUT2D eigenvalue weighted by Crippen LogP contribution is 2.27. The minimum atomic E-state index is 0.740. The van der Waals surface area contributed by atoms with Gasteiger partial charge in [0.25, 0.3) is 0 Å². The van der Waals surface area contributed by atoms with E-state index in [9.17, 15) is 0 Å². The Morgan fingerprint density at radius 1 is 1.05 bits per heavy atom. The maximum absolute atomic E-state index is 6.11. The van der Waals surface area contributed by atoms with Crippen LogP contribution in [0.1, 0.15) is 11.1 Å². The van der Waals surface area contributed by atoms with Crippen LogP contribution in [0.25, 0.3) is 11.1 Å². The van der Waals surface area contributed by atoms with E-state index in [4.69, 9.17) is 16.3 Å². The molecule has 3 rings (SSSR count). The zero-order chi connectivity index (χ0) is 15.4. The molecule has 2 aromatic carbocycles. The van der Waals surface area contributed by atoms with Crippen LogP contribution >= 0.6 is 11.6 Å². The van der Waals surface area contributed by atoms with Crippen molar-refractivity contribution in [1.29, 1.82) is 0 Å². The Kier molecular flexibility index (Phi) is 4.40. The number of aromatic nitrogens is 1. The molecule has 0 aliphatic heterocycles. The van der Waals surface area contributed by atoms with Crippen molar-refractivity contribution >= 4 is 11.6 Å². The second-order valence-electron chi connectivity index (χ2n) is 5.07. The number of nitrogens with zero attached hydrogens (tertiary/aromatic N) is 1. The first kappa shape index (κ1) is 14.6. The predicted octanol–water partition coefficient (Wildman–Crippen LogP) is 5.00. The van der Waals surface area contributed by atoms with Crippen molar-refractivity contribution in [3.8, 4) is 16.9 Å². The largest absolute Gasteiger partial charge is 0.497 e. The fourth-order valence-corrected chi connectivity index (χ4v) is 2.66. The number of hydrogen-bond donors (Lipinski definition) is 0. The van der Waals surface area contributed by atoms with E-state index in [-0.39, 0.29) is 0 Å². The van der Waals surface area contributed by atoms with Gasteiger partial charge in [0.15, 0.2) is 0 Å². The lowest BCUT2D eigenvalue weighted by Crippen LogP contribution is -1.94. The summed E-state index contributed by atoms with van der Waals surface area (Å²) in [7, 11) is 1.67. The Labute approximate surface area is 135 Å². The third kappa shape index (κ3) is 3.29. The van der Waals surface area contributed by atoms with Gasteiger partial charge in [-0.05, 0) is 59.0 Å². The van der Waals surface area contributed by atoms with E-state index in [0.717, 1.165) is 28.3 Å². The highest BCUT2D eigenvalue weighted by atomic mass is 35.5. The number of rotatable bonds is 4. The summed E-state index contributed by atoms with van der Waals surface area (Å²) < 4.78 is 5.20. The summed E-state index contributed by atoms with van der Waals surface area (Å²) in [6.07, 6.45) is 4.55. The van der Waals surface area contributed by atoms with Gasteiger partial charge >= 0.3 is 0 Å². The summed E-state index contributed by atoms with van der Waals surface area (Å²) in [6, 6.07) is 18.0. The molecule has 0 amide bonds. The van der Waals surface area contributed by atoms with E-state index in [0.29, 0.717) is 0 Å². The summed E-state index contributed by atoms with van der Waals surface area (Å²) >= 11 is 6.11. The Morgan fingerprint density at radius 2 is 1.86 bits per heavy atom. The Hall–Kier alpha value is -2.32. The smallest absolute Gasteiger partial charge is 0.118 e. The second kappa shape index (κ2) is 6.63. The molecule has 2 nitrogen and oxygen atoms in total. The number of methoxy groups -OCH3 is 1. The predicted molar refractivity (Wildman–Crippen MR) is 90.5 cm³/mol. The quantitative estimate of drug-likeness (QED) is 0.676. The highest BCUT2D eigenvalue weighted by molar-refractivity contribution is 6.30. The van der Waals surface area contributed by atoms with Gasteiger partial charge in [0.1, 0.15) is 5.75 Å². The Balaban J connectivity index is 1.94. The SMILES string of the molecule is COc1ccc(Cc2cnccc2-c2cccc(Cl)c2)cc1. The zero-order valence-corrected chi connectivity index (χ0v) is 13.0. The number of pyridine rings is 1. The molecular formula is C19H16ClNO. The van der Waals surface area contributed by atoms with Crippen LogP contribution < -0.4 is 4.74 Å². The summed E-state index contributed by atoms with van der Waals surface area (Å²) in [4.78, 5) is 4.27. The summed E-state index contributed by atoms with van der Waals surface area (Å²) in [5, 5.41) is 0.740. The fourth-order valence-electron chi connectivity index (χ4n) is 2.47. The molecule has 0 spiro atoms. The van der Waals surface area contributed by atoms with E-state index < -0.39 is 0 Å². The topological polar surface area (TPSA) is 22.1 Å². The molecule has 3 aromatic rings. The van der Waals surface area contributed by atoms with Crippen molar-refractivity contribution < 1.29 is 4.74 Å². The maximum Gasteiger partial charge on any atom is 0.118 e. The normalized spacial score (nSPS) is 10.5. The molecule has 3 heteroatoms. The standard InChI is InChI=1S/C19H16ClNO/c1-22-18-7-5-14(6-8-18)11-16-13-21-10-9-19(16)15-3-2-4-17(20)12-15/h2-10,12-13H,11H2,1H3. The summed E-state index contributed by atoms with van der Waals surface area (Å²) in [6.45, 7) is 0. The van der Waals surface area contributed by atoms with Gasteiger partial charge in [0.2, 0.25) is 0 Å². The van der Waals surface area contributed by atoms with E-state index in [1.807, 2.05) is 48.8 Å². The number of halogens is 1. The van der Waals surface area contributed by atoms with E-state index >= 15 is 0 Å². The maximum atomic E-state index is 6.11. The van der Waals surface area contributed by atoms with Gasteiger partial charge in [-0.3, -0.25) is 4.98 Å². The van der Waals surface area contributed by atoms with Crippen LogP contribution in [0.5, 0.6) is 5.75 Å². The van der Waals surface area contributed by atoms with Gasteiger partial charge < -0.3 is 4.74 Å². The van der Waals surface area contributed by atoms with Crippen LogP contribution in [-0.2, 0) is 6.42 Å². The van der Waals surface area contributed by atoms with Crippen molar-refractivity contribution in [3.05, 3.63) is 83.1 Å². The van der Waals surface area contributed by atoms with Crippen molar-refractivity contribution in [2.24, 2.45) is 0 Å². The molecule has 0 radical (unpaired) electrons. The van der Waals surface area contributed by atoms with Crippen LogP contribution in [0.15, 0.2) is 67.0 Å². The number of ether oxygens (including phenoxy) is 1. The molecule has 0 unspecified atom stereocenters. The first-order valence-corrected chi connectivity index (χ1v) is 7.46. The van der Waals surface area contributed by atoms with E-state index in [1.54, 1.807) is 7.11 Å². The fraction of sp³-hybridized carbons (Fsp3) is 0.105. The molecule has 0 atom stereocenters. The van der Waals surface area contributed by atoms with Crippen molar-refractivity contribution in [2.45, 2.75) is 6.42 Å². The van der Waals surface area contributed by atoms with Crippen LogP contribution in [0, 0.1) is 0 Å². The van der Waals surface area contributed by atoms with Crippen LogP contribution in [0.2, 0.25) is 5.02 Å². The third-order valence-corrected chi connectivity index (χ3v) is 3.83. The molecule has 0 saturated heterocycles. The van der Waals surface area contributed by atoms with E-state index in [1.165, 1.54) is 11.1 Å². The monoisotopic (exact) mass is 309 g/mol. The lowest BCUT2D eigenvalue weighted by atomic mass is 9.97. The average Bonchev–Trinajstić information content (AvgIpc) is 2.56. The second-order valence-corrected chi connectivity index (χ2v) is 5.50. The lowest BCUT2D eigenvalue weighted by molar-refractivity contribution is 0.414. The molecule has 0 N–H and O–H groups in total. The van der Waals surface area contributed by atoms with Crippen molar-refractivity contribution in [1.82, 2.24) is 4.98 Å². The van der Waals surface area contributed by atoms with Gasteiger partial charge in [0, 0.05) is 17.4 Å². The molecule has 1 heterocycles. The molecule has 0 aliphatic rings. The van der Waals surface area contributed by atoms with Crippen LogP contribution in [0.3, 0.4) is 0 Å². The van der Waals surface area contributed by atoms with Crippen LogP contribution in [-0.4, -0.2) is 12.1 Å². The van der Waals surface area contributed by atoms with Gasteiger partial charge in [0.05, 0.1) is 7.11 Å². The van der Waals surface area contributed by atoms with Gasteiger partial charge in [-0.1, -0.05) is 35.9 Å². The Bertz CT molecular complexity index is 768. The molecule has 0 bridgehead atoms. The number of benzene rings is 2. The molecule has 1 aromatic heterocycles. The summed E-state index contributed by atoms with van der Waals surface area (Å²) in [5.74, 6) is 0.866. The van der Waals surface area contributed by atoms with Gasteiger partial charge in [-0.2, -0.15) is 0 Å². The average molecular weight is 310 g/mol. The van der Waals surface area contributed by atoms with Gasteiger partial charge in [-0.25, -0.2) is 0 Å². The molecule has 0 fully saturated rings. The number of hydrogen-bond acceptors (Lipinski definition) is 2. The van der Waals surface area contributed by atoms with E-state index in [2.05, 4.69) is 23.2 Å². The zero-order valence-electron chi connectivity index (χ0n) is 12.3. The lowest BCUT2D eigenvalue weighted by Gasteiger charge is -2.10. The minimum Gasteiger partial charge on any atom is -0.497 e.